The molecular weight excluding hydrogens is 351 g/mol. The van der Waals surface area contributed by atoms with E-state index in [1.54, 1.807) is 6.07 Å². The molecule has 0 amide bonds. The lowest BCUT2D eigenvalue weighted by Crippen LogP contribution is -2.39. The van der Waals surface area contributed by atoms with Gasteiger partial charge in [0.25, 0.3) is 0 Å². The molecule has 0 radical (unpaired) electrons. The van der Waals surface area contributed by atoms with Gasteiger partial charge >= 0.3 is 0 Å². The van der Waals surface area contributed by atoms with E-state index in [-0.39, 0.29) is 22.9 Å². The van der Waals surface area contributed by atoms with Gasteiger partial charge in [-0.2, -0.15) is 0 Å². The van der Waals surface area contributed by atoms with Crippen LogP contribution in [0.4, 0.5) is 4.39 Å². The van der Waals surface area contributed by atoms with E-state index in [1.165, 1.54) is 12.3 Å². The number of rotatable bonds is 7. The number of halogens is 2. The van der Waals surface area contributed by atoms with Gasteiger partial charge in [0.15, 0.2) is 0 Å². The number of likely N-dealkylation sites (tertiary alicyclic amines) is 1. The van der Waals surface area contributed by atoms with Crippen LogP contribution in [0.1, 0.15) is 38.3 Å². The highest BCUT2D eigenvalue weighted by Gasteiger charge is 2.36. The molecule has 24 heavy (non-hydrogen) atoms. The zero-order valence-corrected chi connectivity index (χ0v) is 16.0. The first kappa shape index (κ1) is 19.6. The third kappa shape index (κ3) is 5.15. The van der Waals surface area contributed by atoms with Gasteiger partial charge in [0, 0.05) is 24.9 Å². The Morgan fingerprint density at radius 3 is 2.71 bits per heavy atom. The molecule has 0 aromatic heterocycles. The van der Waals surface area contributed by atoms with Crippen molar-refractivity contribution in [1.82, 2.24) is 10.2 Å². The summed E-state index contributed by atoms with van der Waals surface area (Å²) in [7, 11) is -2.93. The summed E-state index contributed by atoms with van der Waals surface area (Å²) in [6.45, 7) is 5.82. The summed E-state index contributed by atoms with van der Waals surface area (Å²) in [4.78, 5) is 2.34. The minimum Gasteiger partial charge on any atom is -0.312 e. The molecule has 1 N–H and O–H groups in total. The summed E-state index contributed by atoms with van der Waals surface area (Å²) in [5, 5.41) is 3.59. The van der Waals surface area contributed by atoms with Crippen molar-refractivity contribution < 1.29 is 12.8 Å². The van der Waals surface area contributed by atoms with E-state index < -0.39 is 15.7 Å². The molecule has 1 heterocycles. The van der Waals surface area contributed by atoms with E-state index in [0.29, 0.717) is 19.0 Å². The van der Waals surface area contributed by atoms with Crippen LogP contribution in [-0.4, -0.2) is 50.5 Å². The van der Waals surface area contributed by atoms with Crippen molar-refractivity contribution >= 4 is 21.4 Å². The monoisotopic (exact) mass is 376 g/mol. The summed E-state index contributed by atoms with van der Waals surface area (Å²) in [5.41, 5.74) is 0.906. The average Bonchev–Trinajstić information content (AvgIpc) is 2.89. The van der Waals surface area contributed by atoms with Crippen molar-refractivity contribution in [2.75, 3.05) is 25.1 Å². The fourth-order valence-corrected chi connectivity index (χ4v) is 4.14. The fourth-order valence-electron chi connectivity index (χ4n) is 3.35. The van der Waals surface area contributed by atoms with Crippen molar-refractivity contribution in [2.45, 2.75) is 44.8 Å². The summed E-state index contributed by atoms with van der Waals surface area (Å²) in [6.07, 6.45) is 2.78. The summed E-state index contributed by atoms with van der Waals surface area (Å²) >= 11 is 5.81. The number of nitrogens with zero attached hydrogens (tertiary/aromatic N) is 1. The topological polar surface area (TPSA) is 49.4 Å². The Bertz CT molecular complexity index is 667. The Kier molecular flexibility index (Phi) is 6.65. The lowest BCUT2D eigenvalue weighted by Gasteiger charge is -2.32. The van der Waals surface area contributed by atoms with Crippen LogP contribution in [0.25, 0.3) is 0 Å². The number of sulfone groups is 1. The second-order valence-electron chi connectivity index (χ2n) is 6.78. The Hall–Kier alpha value is -0.690. The molecule has 2 unspecified atom stereocenters. The van der Waals surface area contributed by atoms with Crippen molar-refractivity contribution in [1.29, 1.82) is 0 Å². The molecule has 1 aliphatic rings. The van der Waals surface area contributed by atoms with Crippen LogP contribution in [0.5, 0.6) is 0 Å². The first-order chi connectivity index (χ1) is 11.2. The Balaban J connectivity index is 2.10. The van der Waals surface area contributed by atoms with Crippen LogP contribution in [-0.2, 0) is 9.84 Å². The molecule has 1 saturated heterocycles. The smallest absolute Gasteiger partial charge is 0.147 e. The van der Waals surface area contributed by atoms with E-state index in [2.05, 4.69) is 24.1 Å². The van der Waals surface area contributed by atoms with Crippen molar-refractivity contribution in [3.8, 4) is 0 Å². The molecule has 7 heteroatoms. The summed E-state index contributed by atoms with van der Waals surface area (Å²) in [6, 6.07) is 5.57. The predicted molar refractivity (Wildman–Crippen MR) is 96.7 cm³/mol. The normalized spacial score (nSPS) is 22.4. The number of benzene rings is 1. The first-order valence-corrected chi connectivity index (χ1v) is 10.7. The third-order valence-corrected chi connectivity index (χ3v) is 5.82. The van der Waals surface area contributed by atoms with Gasteiger partial charge in [0.2, 0.25) is 0 Å². The predicted octanol–water partition coefficient (Wildman–Crippen LogP) is 3.03. The second kappa shape index (κ2) is 8.13. The van der Waals surface area contributed by atoms with Gasteiger partial charge in [-0.15, -0.1) is 0 Å². The molecular formula is C17H26ClFN2O2S. The van der Waals surface area contributed by atoms with Gasteiger partial charge in [-0.05, 0) is 50.9 Å². The summed E-state index contributed by atoms with van der Waals surface area (Å²) in [5.74, 6) is -0.221. The second-order valence-corrected chi connectivity index (χ2v) is 9.45. The minimum atomic E-state index is -2.93. The van der Waals surface area contributed by atoms with E-state index in [1.807, 2.05) is 6.07 Å². The van der Waals surface area contributed by atoms with Crippen molar-refractivity contribution in [3.05, 3.63) is 34.6 Å². The molecule has 0 saturated carbocycles. The molecule has 1 aromatic rings. The molecule has 0 bridgehead atoms. The molecule has 136 valence electrons. The van der Waals surface area contributed by atoms with Crippen molar-refractivity contribution in [3.63, 3.8) is 0 Å². The van der Waals surface area contributed by atoms with Crippen molar-refractivity contribution in [2.24, 2.45) is 0 Å². The standard InChI is InChI=1S/C17H26ClFN2O2S/c1-12(2)21-9-7-16(20-8-4-10-24(3,22)23)17(21)13-5-6-14(18)15(19)11-13/h5-6,11-12,16-17,20H,4,7-10H2,1-3H3. The Morgan fingerprint density at radius 1 is 1.42 bits per heavy atom. The molecule has 1 aliphatic heterocycles. The van der Waals surface area contributed by atoms with Crippen LogP contribution < -0.4 is 5.32 Å². The van der Waals surface area contributed by atoms with Gasteiger partial charge in [-0.3, -0.25) is 4.90 Å². The molecule has 2 rings (SSSR count). The zero-order valence-electron chi connectivity index (χ0n) is 14.4. The SMILES string of the molecule is CC(C)N1CCC(NCCCS(C)(=O)=O)C1c1ccc(Cl)c(F)c1. The Labute approximate surface area is 149 Å². The van der Waals surface area contributed by atoms with Crippen LogP contribution >= 0.6 is 11.6 Å². The van der Waals surface area contributed by atoms with E-state index >= 15 is 0 Å². The van der Waals surface area contributed by atoms with Crippen LogP contribution in [0, 0.1) is 5.82 Å². The maximum atomic E-state index is 13.9. The number of nitrogens with one attached hydrogen (secondary N) is 1. The van der Waals surface area contributed by atoms with Gasteiger partial charge < -0.3 is 5.32 Å². The van der Waals surface area contributed by atoms with E-state index in [9.17, 15) is 12.8 Å². The molecule has 0 spiro atoms. The lowest BCUT2D eigenvalue weighted by molar-refractivity contribution is 0.190. The van der Waals surface area contributed by atoms with Crippen LogP contribution in [0.3, 0.4) is 0 Å². The molecule has 1 aromatic carbocycles. The van der Waals surface area contributed by atoms with Crippen LogP contribution in [0.2, 0.25) is 5.02 Å². The fraction of sp³-hybridized carbons (Fsp3) is 0.647. The number of hydrogen-bond donors (Lipinski definition) is 1. The van der Waals surface area contributed by atoms with E-state index in [4.69, 9.17) is 11.6 Å². The molecule has 4 nitrogen and oxygen atoms in total. The quantitative estimate of drug-likeness (QED) is 0.743. The first-order valence-electron chi connectivity index (χ1n) is 8.31. The average molecular weight is 377 g/mol. The van der Waals surface area contributed by atoms with Gasteiger partial charge in [0.05, 0.1) is 16.8 Å². The highest BCUT2D eigenvalue weighted by atomic mass is 35.5. The highest BCUT2D eigenvalue weighted by Crippen LogP contribution is 2.35. The van der Waals surface area contributed by atoms with Gasteiger partial charge in [0.1, 0.15) is 15.7 Å². The maximum Gasteiger partial charge on any atom is 0.147 e. The Morgan fingerprint density at radius 2 is 2.12 bits per heavy atom. The van der Waals surface area contributed by atoms with Gasteiger partial charge in [-0.1, -0.05) is 17.7 Å². The minimum absolute atomic E-state index is 0.0648. The molecule has 1 fully saturated rings. The third-order valence-electron chi connectivity index (χ3n) is 4.48. The maximum absolute atomic E-state index is 13.9. The van der Waals surface area contributed by atoms with Gasteiger partial charge in [-0.25, -0.2) is 12.8 Å². The largest absolute Gasteiger partial charge is 0.312 e. The highest BCUT2D eigenvalue weighted by molar-refractivity contribution is 7.90. The molecule has 2 atom stereocenters. The van der Waals surface area contributed by atoms with Crippen LogP contribution in [0.15, 0.2) is 18.2 Å². The summed E-state index contributed by atoms with van der Waals surface area (Å²) < 4.78 is 36.4. The molecule has 0 aliphatic carbocycles. The van der Waals surface area contributed by atoms with E-state index in [0.717, 1.165) is 18.5 Å². The lowest BCUT2D eigenvalue weighted by atomic mass is 9.99. The zero-order chi connectivity index (χ0) is 17.9. The number of hydrogen-bond acceptors (Lipinski definition) is 4.